The molecule has 0 radical (unpaired) electrons. The lowest BCUT2D eigenvalue weighted by Gasteiger charge is -2.08. The van der Waals surface area contributed by atoms with Crippen molar-refractivity contribution in [2.45, 2.75) is 44.1 Å². The van der Waals surface area contributed by atoms with E-state index in [1.165, 1.54) is 11.8 Å². The Labute approximate surface area is 162 Å². The molecule has 144 valence electrons. The second-order valence-electron chi connectivity index (χ2n) is 6.10. The van der Waals surface area contributed by atoms with Crippen LogP contribution in [-0.4, -0.2) is 39.2 Å². The molecule has 0 aliphatic carbocycles. The van der Waals surface area contributed by atoms with Gasteiger partial charge in [-0.15, -0.1) is 20.4 Å². The van der Waals surface area contributed by atoms with Crippen LogP contribution in [0.25, 0.3) is 11.5 Å². The van der Waals surface area contributed by atoms with Gasteiger partial charge in [0.05, 0.1) is 20.0 Å². The normalized spacial score (nSPS) is 11.2. The highest BCUT2D eigenvalue weighted by atomic mass is 32.2. The predicted molar refractivity (Wildman–Crippen MR) is 102 cm³/mol. The van der Waals surface area contributed by atoms with E-state index in [0.717, 1.165) is 23.1 Å². The Morgan fingerprint density at radius 2 is 1.85 bits per heavy atom. The number of methoxy groups -OCH3 is 2. The van der Waals surface area contributed by atoms with Gasteiger partial charge in [-0.25, -0.2) is 0 Å². The molecule has 27 heavy (non-hydrogen) atoms. The molecule has 0 N–H and O–H groups in total. The molecule has 3 rings (SSSR count). The van der Waals surface area contributed by atoms with E-state index < -0.39 is 0 Å². The van der Waals surface area contributed by atoms with E-state index in [1.54, 1.807) is 14.2 Å². The molecule has 0 atom stereocenters. The first-order valence-corrected chi connectivity index (χ1v) is 9.66. The second-order valence-corrected chi connectivity index (χ2v) is 7.04. The first kappa shape index (κ1) is 19.2. The zero-order chi connectivity index (χ0) is 19.4. The van der Waals surface area contributed by atoms with Crippen molar-refractivity contribution in [2.24, 2.45) is 0 Å². The Morgan fingerprint density at radius 1 is 1.07 bits per heavy atom. The Kier molecular flexibility index (Phi) is 6.00. The Morgan fingerprint density at radius 3 is 2.52 bits per heavy atom. The number of rotatable bonds is 8. The van der Waals surface area contributed by atoms with Crippen LogP contribution in [-0.2, 0) is 12.3 Å². The maximum absolute atomic E-state index is 5.80. The summed E-state index contributed by atoms with van der Waals surface area (Å²) in [6.07, 6.45) is 0. The first-order valence-electron chi connectivity index (χ1n) is 8.68. The standard InChI is InChI=1S/C18H23N5O3S/c1-6-23-16(11(2)3)20-22-18(23)27-10-15-19-21-17(26-15)12-7-8-13(24-4)14(9-12)25-5/h7-9,11H,6,10H2,1-5H3. The van der Waals surface area contributed by atoms with Crippen molar-refractivity contribution in [2.75, 3.05) is 14.2 Å². The number of nitrogens with zero attached hydrogens (tertiary/aromatic N) is 5. The minimum atomic E-state index is 0.326. The van der Waals surface area contributed by atoms with Crippen LogP contribution in [0, 0.1) is 0 Å². The van der Waals surface area contributed by atoms with E-state index in [1.807, 2.05) is 18.2 Å². The summed E-state index contributed by atoms with van der Waals surface area (Å²) in [6, 6.07) is 5.48. The van der Waals surface area contributed by atoms with Gasteiger partial charge in [0.1, 0.15) is 5.82 Å². The topological polar surface area (TPSA) is 88.1 Å². The van der Waals surface area contributed by atoms with Crippen LogP contribution in [0.4, 0.5) is 0 Å². The van der Waals surface area contributed by atoms with Crippen LogP contribution >= 0.6 is 11.8 Å². The summed E-state index contributed by atoms with van der Waals surface area (Å²) < 4.78 is 18.5. The largest absolute Gasteiger partial charge is 0.493 e. The fraction of sp³-hybridized carbons (Fsp3) is 0.444. The minimum Gasteiger partial charge on any atom is -0.493 e. The third-order valence-electron chi connectivity index (χ3n) is 4.00. The quantitative estimate of drug-likeness (QED) is 0.538. The van der Waals surface area contributed by atoms with Gasteiger partial charge in [0, 0.05) is 18.0 Å². The summed E-state index contributed by atoms with van der Waals surface area (Å²) in [5, 5.41) is 17.7. The molecule has 2 aromatic heterocycles. The van der Waals surface area contributed by atoms with Gasteiger partial charge in [-0.05, 0) is 25.1 Å². The van der Waals surface area contributed by atoms with E-state index in [9.17, 15) is 0 Å². The lowest BCUT2D eigenvalue weighted by atomic mass is 10.2. The fourth-order valence-electron chi connectivity index (χ4n) is 2.66. The number of ether oxygens (including phenoxy) is 2. The average Bonchev–Trinajstić information content (AvgIpc) is 3.32. The summed E-state index contributed by atoms with van der Waals surface area (Å²) in [7, 11) is 3.19. The van der Waals surface area contributed by atoms with Gasteiger partial charge in [-0.3, -0.25) is 0 Å². The van der Waals surface area contributed by atoms with Crippen LogP contribution < -0.4 is 9.47 Å². The third kappa shape index (κ3) is 4.08. The van der Waals surface area contributed by atoms with Gasteiger partial charge >= 0.3 is 0 Å². The molecular formula is C18H23N5O3S. The van der Waals surface area contributed by atoms with Gasteiger partial charge in [-0.1, -0.05) is 25.6 Å². The van der Waals surface area contributed by atoms with Crippen molar-refractivity contribution >= 4 is 11.8 Å². The SMILES string of the molecule is CCn1c(SCc2nnc(-c3ccc(OC)c(OC)c3)o2)nnc1C(C)C. The highest BCUT2D eigenvalue weighted by Crippen LogP contribution is 2.32. The van der Waals surface area contributed by atoms with Crippen LogP contribution in [0.15, 0.2) is 27.8 Å². The summed E-state index contributed by atoms with van der Waals surface area (Å²) in [5.74, 6) is 4.06. The van der Waals surface area contributed by atoms with E-state index in [4.69, 9.17) is 13.9 Å². The van der Waals surface area contributed by atoms with E-state index >= 15 is 0 Å². The van der Waals surface area contributed by atoms with Crippen LogP contribution in [0.1, 0.15) is 38.4 Å². The second kappa shape index (κ2) is 8.43. The summed E-state index contributed by atoms with van der Waals surface area (Å²) >= 11 is 1.53. The van der Waals surface area contributed by atoms with Gasteiger partial charge in [0.2, 0.25) is 11.8 Å². The molecule has 0 amide bonds. The molecule has 0 fully saturated rings. The number of aromatic nitrogens is 5. The molecule has 0 aliphatic rings. The molecule has 0 saturated carbocycles. The highest BCUT2D eigenvalue weighted by molar-refractivity contribution is 7.98. The van der Waals surface area contributed by atoms with Crippen molar-refractivity contribution in [1.82, 2.24) is 25.0 Å². The van der Waals surface area contributed by atoms with Crippen molar-refractivity contribution in [3.05, 3.63) is 29.9 Å². The third-order valence-corrected chi connectivity index (χ3v) is 4.95. The predicted octanol–water partition coefficient (Wildman–Crippen LogP) is 3.78. The number of benzene rings is 1. The van der Waals surface area contributed by atoms with Crippen molar-refractivity contribution < 1.29 is 13.9 Å². The summed E-state index contributed by atoms with van der Waals surface area (Å²) in [5.41, 5.74) is 0.773. The molecule has 8 nitrogen and oxygen atoms in total. The van der Waals surface area contributed by atoms with Crippen LogP contribution in [0.2, 0.25) is 0 Å². The monoisotopic (exact) mass is 389 g/mol. The Balaban J connectivity index is 1.74. The smallest absolute Gasteiger partial charge is 0.247 e. The molecular weight excluding hydrogens is 366 g/mol. The van der Waals surface area contributed by atoms with Crippen molar-refractivity contribution in [3.8, 4) is 23.0 Å². The zero-order valence-corrected chi connectivity index (χ0v) is 16.9. The average molecular weight is 389 g/mol. The van der Waals surface area contributed by atoms with Gasteiger partial charge in [-0.2, -0.15) is 0 Å². The van der Waals surface area contributed by atoms with Crippen LogP contribution in [0.3, 0.4) is 0 Å². The molecule has 9 heteroatoms. The summed E-state index contributed by atoms with van der Waals surface area (Å²) in [6.45, 7) is 7.13. The molecule has 2 heterocycles. The zero-order valence-electron chi connectivity index (χ0n) is 16.1. The molecule has 0 bridgehead atoms. The maximum Gasteiger partial charge on any atom is 0.247 e. The number of thioether (sulfide) groups is 1. The minimum absolute atomic E-state index is 0.326. The number of hydrogen-bond acceptors (Lipinski definition) is 8. The van der Waals surface area contributed by atoms with Gasteiger partial charge in [0.25, 0.3) is 0 Å². The van der Waals surface area contributed by atoms with E-state index in [2.05, 4.69) is 45.7 Å². The molecule has 3 aromatic rings. The molecule has 0 unspecified atom stereocenters. The number of hydrogen-bond donors (Lipinski definition) is 0. The lowest BCUT2D eigenvalue weighted by Crippen LogP contribution is -2.04. The lowest BCUT2D eigenvalue weighted by molar-refractivity contribution is 0.355. The maximum atomic E-state index is 5.80. The summed E-state index contributed by atoms with van der Waals surface area (Å²) in [4.78, 5) is 0. The molecule has 0 aliphatic heterocycles. The highest BCUT2D eigenvalue weighted by Gasteiger charge is 2.16. The van der Waals surface area contributed by atoms with Gasteiger partial charge in [0.15, 0.2) is 16.7 Å². The Bertz CT molecular complexity index is 906. The van der Waals surface area contributed by atoms with E-state index in [0.29, 0.717) is 35.0 Å². The molecule has 0 saturated heterocycles. The Hall–Kier alpha value is -2.55. The first-order chi connectivity index (χ1) is 13.1. The van der Waals surface area contributed by atoms with Gasteiger partial charge < -0.3 is 18.5 Å². The van der Waals surface area contributed by atoms with E-state index in [-0.39, 0.29) is 0 Å². The van der Waals surface area contributed by atoms with Crippen LogP contribution in [0.5, 0.6) is 11.5 Å². The molecule has 0 spiro atoms. The fourth-order valence-corrected chi connectivity index (χ4v) is 3.50. The van der Waals surface area contributed by atoms with Crippen molar-refractivity contribution in [3.63, 3.8) is 0 Å². The molecule has 1 aromatic carbocycles. The van der Waals surface area contributed by atoms with Crippen molar-refractivity contribution in [1.29, 1.82) is 0 Å².